The first-order valence-electron chi connectivity index (χ1n) is 6.40. The second kappa shape index (κ2) is 12.4. The molecule has 2 amide bonds. The first-order chi connectivity index (χ1) is 9.56. The van der Waals surface area contributed by atoms with Gasteiger partial charge in [0.25, 0.3) is 0 Å². The van der Waals surface area contributed by atoms with Gasteiger partial charge in [0, 0.05) is 26.4 Å². The molecule has 0 heterocycles. The van der Waals surface area contributed by atoms with Crippen molar-refractivity contribution in [2.45, 2.75) is 19.3 Å². The van der Waals surface area contributed by atoms with Crippen LogP contribution >= 0.6 is 0 Å². The second-order valence-electron chi connectivity index (χ2n) is 3.94. The average Bonchev–Trinajstić information content (AvgIpc) is 2.40. The van der Waals surface area contributed by atoms with Crippen LogP contribution in [0.15, 0.2) is 0 Å². The Morgan fingerprint density at radius 1 is 1.00 bits per heavy atom. The summed E-state index contributed by atoms with van der Waals surface area (Å²) in [5.41, 5.74) is 0. The molecule has 0 rings (SSSR count). The maximum Gasteiger partial charge on any atom is 0.303 e. The van der Waals surface area contributed by atoms with Crippen molar-refractivity contribution < 1.29 is 29.0 Å². The zero-order chi connectivity index (χ0) is 15.2. The molecule has 0 atom stereocenters. The lowest BCUT2D eigenvalue weighted by Crippen LogP contribution is -2.28. The Balaban J connectivity index is 3.25. The summed E-state index contributed by atoms with van der Waals surface area (Å²) in [5, 5.41) is 13.4. The predicted octanol–water partition coefficient (Wildman–Crippen LogP) is -0.863. The highest BCUT2D eigenvalue weighted by Gasteiger charge is 2.03. The van der Waals surface area contributed by atoms with Crippen molar-refractivity contribution in [1.29, 1.82) is 0 Å². The van der Waals surface area contributed by atoms with Gasteiger partial charge in [-0.15, -0.1) is 0 Å². The highest BCUT2D eigenvalue weighted by atomic mass is 16.5. The number of rotatable bonds is 12. The number of likely N-dealkylation sites (N-methyl/N-ethyl adjacent to an activating group) is 1. The van der Waals surface area contributed by atoms with Gasteiger partial charge in [-0.3, -0.25) is 14.4 Å². The van der Waals surface area contributed by atoms with Gasteiger partial charge in [0.1, 0.15) is 6.61 Å². The number of aliphatic carboxylic acids is 1. The molecule has 0 saturated heterocycles. The van der Waals surface area contributed by atoms with E-state index in [0.717, 1.165) is 0 Å². The van der Waals surface area contributed by atoms with E-state index in [2.05, 4.69) is 10.6 Å². The minimum Gasteiger partial charge on any atom is -0.481 e. The molecule has 0 aliphatic heterocycles. The highest BCUT2D eigenvalue weighted by Crippen LogP contribution is 1.94. The van der Waals surface area contributed by atoms with Gasteiger partial charge in [-0.1, -0.05) is 0 Å². The molecule has 0 aromatic heterocycles. The van der Waals surface area contributed by atoms with Gasteiger partial charge in [-0.2, -0.15) is 0 Å². The van der Waals surface area contributed by atoms with Gasteiger partial charge >= 0.3 is 5.97 Å². The third-order valence-corrected chi connectivity index (χ3v) is 2.25. The van der Waals surface area contributed by atoms with E-state index in [9.17, 15) is 14.4 Å². The molecule has 0 radical (unpaired) electrons. The van der Waals surface area contributed by atoms with Crippen molar-refractivity contribution in [1.82, 2.24) is 10.6 Å². The van der Waals surface area contributed by atoms with Gasteiger partial charge < -0.3 is 25.2 Å². The fraction of sp³-hybridized carbons (Fsp3) is 0.750. The molecule has 3 N–H and O–H groups in total. The van der Waals surface area contributed by atoms with E-state index in [1.165, 1.54) is 7.05 Å². The highest BCUT2D eigenvalue weighted by molar-refractivity contribution is 5.77. The van der Waals surface area contributed by atoms with Crippen LogP contribution in [0, 0.1) is 0 Å². The van der Waals surface area contributed by atoms with Gasteiger partial charge in [-0.25, -0.2) is 0 Å². The molecule has 8 nitrogen and oxygen atoms in total. The van der Waals surface area contributed by atoms with Crippen LogP contribution in [0.4, 0.5) is 0 Å². The van der Waals surface area contributed by atoms with E-state index in [1.807, 2.05) is 0 Å². The number of hydrogen-bond acceptors (Lipinski definition) is 5. The first-order valence-corrected chi connectivity index (χ1v) is 6.40. The molecule has 116 valence electrons. The van der Waals surface area contributed by atoms with E-state index < -0.39 is 5.97 Å². The molecule has 0 aromatic rings. The van der Waals surface area contributed by atoms with Crippen LogP contribution in [0.2, 0.25) is 0 Å². The van der Waals surface area contributed by atoms with Crippen LogP contribution in [-0.2, 0) is 23.9 Å². The minimum atomic E-state index is -0.905. The summed E-state index contributed by atoms with van der Waals surface area (Å²) in [5.74, 6) is -1.29. The third-order valence-electron chi connectivity index (χ3n) is 2.25. The molecule has 0 bridgehead atoms. The smallest absolute Gasteiger partial charge is 0.303 e. The first kappa shape index (κ1) is 18.3. The second-order valence-corrected chi connectivity index (χ2v) is 3.94. The maximum absolute atomic E-state index is 11.2. The zero-order valence-corrected chi connectivity index (χ0v) is 11.6. The van der Waals surface area contributed by atoms with Crippen LogP contribution in [0.3, 0.4) is 0 Å². The lowest BCUT2D eigenvalue weighted by molar-refractivity contribution is -0.137. The molecular weight excluding hydrogens is 268 g/mol. The van der Waals surface area contributed by atoms with Crippen molar-refractivity contribution >= 4 is 17.8 Å². The Kier molecular flexibility index (Phi) is 11.3. The number of carbonyl (C=O) groups excluding carboxylic acids is 2. The van der Waals surface area contributed by atoms with Crippen molar-refractivity contribution in [3.63, 3.8) is 0 Å². The van der Waals surface area contributed by atoms with E-state index in [1.54, 1.807) is 0 Å². The van der Waals surface area contributed by atoms with Crippen LogP contribution in [-0.4, -0.2) is 62.9 Å². The monoisotopic (exact) mass is 290 g/mol. The van der Waals surface area contributed by atoms with E-state index in [4.69, 9.17) is 14.6 Å². The van der Waals surface area contributed by atoms with Crippen molar-refractivity contribution in [3.05, 3.63) is 0 Å². The summed E-state index contributed by atoms with van der Waals surface area (Å²) in [6.45, 7) is 1.35. The van der Waals surface area contributed by atoms with Crippen LogP contribution in [0.5, 0.6) is 0 Å². The van der Waals surface area contributed by atoms with Crippen LogP contribution < -0.4 is 10.6 Å². The number of amides is 2. The number of hydrogen-bond donors (Lipinski definition) is 3. The third kappa shape index (κ3) is 12.8. The van der Waals surface area contributed by atoms with E-state index in [0.29, 0.717) is 32.8 Å². The minimum absolute atomic E-state index is 0.000172. The normalized spacial score (nSPS) is 10.1. The topological polar surface area (TPSA) is 114 Å². The summed E-state index contributed by atoms with van der Waals surface area (Å²) in [7, 11) is 1.53. The van der Waals surface area contributed by atoms with Crippen LogP contribution in [0.25, 0.3) is 0 Å². The standard InChI is InChI=1S/C12H22N2O6/c1-13-11(16)9-20-8-7-19-6-5-14-10(15)3-2-4-12(17)18/h2-9H2,1H3,(H,13,16)(H,14,15)(H,17,18). The number of ether oxygens (including phenoxy) is 2. The number of carboxylic acids is 1. The largest absolute Gasteiger partial charge is 0.481 e. The molecule has 8 heteroatoms. The van der Waals surface area contributed by atoms with Crippen molar-refractivity contribution in [2.75, 3.05) is 40.0 Å². The SMILES string of the molecule is CNC(=O)COCCOCCNC(=O)CCCC(=O)O. The zero-order valence-electron chi connectivity index (χ0n) is 11.6. The lowest BCUT2D eigenvalue weighted by Gasteiger charge is -2.06. The number of carboxylic acid groups (broad SMARTS) is 1. The molecule has 0 unspecified atom stereocenters. The Labute approximate surface area is 117 Å². The molecule has 0 aliphatic rings. The Morgan fingerprint density at radius 2 is 1.70 bits per heavy atom. The summed E-state index contributed by atoms with van der Waals surface area (Å²) in [4.78, 5) is 32.3. The van der Waals surface area contributed by atoms with Crippen molar-refractivity contribution in [2.24, 2.45) is 0 Å². The van der Waals surface area contributed by atoms with E-state index >= 15 is 0 Å². The molecular formula is C12H22N2O6. The Hall–Kier alpha value is -1.67. The van der Waals surface area contributed by atoms with Gasteiger partial charge in [-0.05, 0) is 6.42 Å². The molecule has 0 fully saturated rings. The quantitative estimate of drug-likeness (QED) is 0.403. The maximum atomic E-state index is 11.2. The molecule has 0 aromatic carbocycles. The molecule has 0 saturated carbocycles. The lowest BCUT2D eigenvalue weighted by atomic mass is 10.2. The fourth-order valence-electron chi connectivity index (χ4n) is 1.21. The average molecular weight is 290 g/mol. The summed E-state index contributed by atoms with van der Waals surface area (Å²) < 4.78 is 10.2. The van der Waals surface area contributed by atoms with Gasteiger partial charge in [0.15, 0.2) is 0 Å². The van der Waals surface area contributed by atoms with Gasteiger partial charge in [0.05, 0.1) is 19.8 Å². The van der Waals surface area contributed by atoms with Crippen LogP contribution in [0.1, 0.15) is 19.3 Å². The van der Waals surface area contributed by atoms with Gasteiger partial charge in [0.2, 0.25) is 11.8 Å². The molecule has 20 heavy (non-hydrogen) atoms. The fourth-order valence-corrected chi connectivity index (χ4v) is 1.21. The Bertz CT molecular complexity index is 308. The van der Waals surface area contributed by atoms with Crippen molar-refractivity contribution in [3.8, 4) is 0 Å². The molecule has 0 aliphatic carbocycles. The number of nitrogens with one attached hydrogen (secondary N) is 2. The predicted molar refractivity (Wildman–Crippen MR) is 70.2 cm³/mol. The summed E-state index contributed by atoms with van der Waals surface area (Å²) >= 11 is 0. The summed E-state index contributed by atoms with van der Waals surface area (Å²) in [6, 6.07) is 0. The number of carbonyl (C=O) groups is 3. The molecule has 0 spiro atoms. The summed E-state index contributed by atoms with van der Waals surface area (Å²) in [6.07, 6.45) is 0.517. The van der Waals surface area contributed by atoms with E-state index in [-0.39, 0.29) is 31.3 Å². The Morgan fingerprint density at radius 3 is 2.35 bits per heavy atom.